The molecule has 0 saturated heterocycles. The molecule has 4 heteroatoms. The van der Waals surface area contributed by atoms with Gasteiger partial charge in [0.1, 0.15) is 5.75 Å². The zero-order chi connectivity index (χ0) is 13.2. The molecule has 0 N–H and O–H groups in total. The maximum Gasteiger partial charge on any atom is 0.163 e. The topological polar surface area (TPSA) is 44.1 Å². The predicted octanol–water partition coefficient (Wildman–Crippen LogP) is 2.17. The smallest absolute Gasteiger partial charge is 0.163 e. The number of hydrogen-bond acceptors (Lipinski definition) is 3. The van der Waals surface area contributed by atoms with Gasteiger partial charge in [0, 0.05) is 42.9 Å². The highest BCUT2D eigenvalue weighted by atomic mass is 16.5. The standard InChI is InChI=1S/C15H16N2O2/c1-17-10-16-9-11(17)7-8-19-15-4-2-3-12-13(15)5-6-14(12)18/h2-4,9-10H,5-8H2,1H3. The summed E-state index contributed by atoms with van der Waals surface area (Å²) in [5.74, 6) is 1.08. The number of nitrogens with zero attached hydrogens (tertiary/aromatic N) is 2. The maximum atomic E-state index is 11.7. The Morgan fingerprint density at radius 2 is 2.26 bits per heavy atom. The Kier molecular flexibility index (Phi) is 3.07. The van der Waals surface area contributed by atoms with E-state index < -0.39 is 0 Å². The third-order valence-electron chi connectivity index (χ3n) is 3.57. The van der Waals surface area contributed by atoms with E-state index in [9.17, 15) is 4.79 Å². The van der Waals surface area contributed by atoms with Crippen LogP contribution in [0.1, 0.15) is 28.0 Å². The van der Waals surface area contributed by atoms with Crippen molar-refractivity contribution < 1.29 is 9.53 Å². The van der Waals surface area contributed by atoms with E-state index in [4.69, 9.17) is 4.74 Å². The van der Waals surface area contributed by atoms with Gasteiger partial charge in [-0.15, -0.1) is 0 Å². The molecule has 0 spiro atoms. The number of carbonyl (C=O) groups excluding carboxylic acids is 1. The number of hydrogen-bond donors (Lipinski definition) is 0. The minimum Gasteiger partial charge on any atom is -0.493 e. The van der Waals surface area contributed by atoms with Crippen molar-refractivity contribution in [3.63, 3.8) is 0 Å². The fourth-order valence-electron chi connectivity index (χ4n) is 2.48. The lowest BCUT2D eigenvalue weighted by atomic mass is 10.1. The summed E-state index contributed by atoms with van der Waals surface area (Å²) in [4.78, 5) is 15.7. The van der Waals surface area contributed by atoms with Crippen molar-refractivity contribution in [2.45, 2.75) is 19.3 Å². The molecule has 0 fully saturated rings. The fraction of sp³-hybridized carbons (Fsp3) is 0.333. The van der Waals surface area contributed by atoms with Gasteiger partial charge in [0.05, 0.1) is 12.9 Å². The van der Waals surface area contributed by atoms with E-state index in [1.54, 1.807) is 6.33 Å². The van der Waals surface area contributed by atoms with Gasteiger partial charge in [-0.05, 0) is 12.5 Å². The molecule has 0 aliphatic heterocycles. The first-order valence-electron chi connectivity index (χ1n) is 6.49. The first kappa shape index (κ1) is 12.0. The number of benzene rings is 1. The van der Waals surface area contributed by atoms with Crippen molar-refractivity contribution in [2.24, 2.45) is 7.05 Å². The Labute approximate surface area is 112 Å². The van der Waals surface area contributed by atoms with Crippen molar-refractivity contribution in [2.75, 3.05) is 6.61 Å². The van der Waals surface area contributed by atoms with E-state index in [0.717, 1.165) is 35.4 Å². The van der Waals surface area contributed by atoms with Gasteiger partial charge < -0.3 is 9.30 Å². The molecule has 0 amide bonds. The van der Waals surface area contributed by atoms with Crippen LogP contribution in [0.4, 0.5) is 0 Å². The lowest BCUT2D eigenvalue weighted by Gasteiger charge is -2.10. The number of carbonyl (C=O) groups is 1. The molecular formula is C15H16N2O2. The van der Waals surface area contributed by atoms with Gasteiger partial charge in [0.15, 0.2) is 5.78 Å². The average Bonchev–Trinajstić information content (AvgIpc) is 2.98. The Balaban J connectivity index is 1.68. The fourth-order valence-corrected chi connectivity index (χ4v) is 2.48. The Morgan fingerprint density at radius 1 is 1.37 bits per heavy atom. The highest BCUT2D eigenvalue weighted by molar-refractivity contribution is 6.01. The van der Waals surface area contributed by atoms with E-state index >= 15 is 0 Å². The van der Waals surface area contributed by atoms with Crippen molar-refractivity contribution >= 4 is 5.78 Å². The first-order chi connectivity index (χ1) is 9.25. The Bertz CT molecular complexity index is 616. The normalized spacial score (nSPS) is 13.6. The lowest BCUT2D eigenvalue weighted by Crippen LogP contribution is -2.06. The quantitative estimate of drug-likeness (QED) is 0.842. The molecule has 2 aromatic rings. The van der Waals surface area contributed by atoms with Crippen LogP contribution in [0.5, 0.6) is 5.75 Å². The highest BCUT2D eigenvalue weighted by Gasteiger charge is 2.22. The summed E-state index contributed by atoms with van der Waals surface area (Å²) in [6, 6.07) is 5.72. The van der Waals surface area contributed by atoms with Gasteiger partial charge in [0.2, 0.25) is 0 Å². The first-order valence-corrected chi connectivity index (χ1v) is 6.49. The molecule has 1 heterocycles. The van der Waals surface area contributed by atoms with E-state index in [-0.39, 0.29) is 5.78 Å². The Morgan fingerprint density at radius 3 is 3.05 bits per heavy atom. The Hall–Kier alpha value is -2.10. The van der Waals surface area contributed by atoms with Crippen molar-refractivity contribution in [3.05, 3.63) is 47.5 Å². The molecule has 1 aliphatic rings. The summed E-state index contributed by atoms with van der Waals surface area (Å²) in [7, 11) is 1.97. The van der Waals surface area contributed by atoms with Crippen LogP contribution in [0.15, 0.2) is 30.7 Å². The number of fused-ring (bicyclic) bond motifs is 1. The number of imidazole rings is 1. The molecule has 98 valence electrons. The second-order valence-electron chi connectivity index (χ2n) is 4.80. The molecule has 0 bridgehead atoms. The van der Waals surface area contributed by atoms with E-state index in [1.165, 1.54) is 0 Å². The number of aryl methyl sites for hydroxylation is 1. The minimum atomic E-state index is 0.229. The molecule has 0 atom stereocenters. The number of Topliss-reactive ketones (excluding diaryl/α,β-unsaturated/α-hetero) is 1. The van der Waals surface area contributed by atoms with Crippen LogP contribution in [-0.2, 0) is 19.9 Å². The number of aromatic nitrogens is 2. The molecule has 0 radical (unpaired) electrons. The number of ether oxygens (including phenoxy) is 1. The summed E-state index contributed by atoms with van der Waals surface area (Å²) in [6.45, 7) is 0.601. The molecule has 0 saturated carbocycles. The zero-order valence-electron chi connectivity index (χ0n) is 10.9. The van der Waals surface area contributed by atoms with E-state index in [1.807, 2.05) is 36.0 Å². The molecule has 1 aromatic carbocycles. The summed E-state index contributed by atoms with van der Waals surface area (Å²) >= 11 is 0. The van der Waals surface area contributed by atoms with Crippen LogP contribution < -0.4 is 4.74 Å². The maximum absolute atomic E-state index is 11.7. The van der Waals surface area contributed by atoms with Crippen molar-refractivity contribution in [1.82, 2.24) is 9.55 Å². The van der Waals surface area contributed by atoms with Crippen LogP contribution in [-0.4, -0.2) is 21.9 Å². The van der Waals surface area contributed by atoms with Gasteiger partial charge in [-0.25, -0.2) is 4.98 Å². The van der Waals surface area contributed by atoms with Gasteiger partial charge in [0.25, 0.3) is 0 Å². The lowest BCUT2D eigenvalue weighted by molar-refractivity contribution is 0.0994. The number of rotatable bonds is 4. The third-order valence-corrected chi connectivity index (χ3v) is 3.57. The largest absolute Gasteiger partial charge is 0.493 e. The molecule has 3 rings (SSSR count). The summed E-state index contributed by atoms with van der Waals surface area (Å²) in [6.07, 6.45) is 5.86. The van der Waals surface area contributed by atoms with Crippen molar-refractivity contribution in [1.29, 1.82) is 0 Å². The van der Waals surface area contributed by atoms with Crippen LogP contribution in [0.3, 0.4) is 0 Å². The monoisotopic (exact) mass is 256 g/mol. The summed E-state index contributed by atoms with van der Waals surface area (Å²) in [5.41, 5.74) is 3.04. The van der Waals surface area contributed by atoms with Gasteiger partial charge in [-0.3, -0.25) is 4.79 Å². The predicted molar refractivity (Wildman–Crippen MR) is 71.5 cm³/mol. The van der Waals surface area contributed by atoms with Crippen molar-refractivity contribution in [3.8, 4) is 5.75 Å². The third kappa shape index (κ3) is 2.26. The zero-order valence-corrected chi connectivity index (χ0v) is 10.9. The summed E-state index contributed by atoms with van der Waals surface area (Å²) < 4.78 is 7.82. The van der Waals surface area contributed by atoms with Crippen LogP contribution in [0.2, 0.25) is 0 Å². The van der Waals surface area contributed by atoms with E-state index in [0.29, 0.717) is 13.0 Å². The molecular weight excluding hydrogens is 240 g/mol. The SMILES string of the molecule is Cn1cncc1CCOc1cccc2c1CCC2=O. The van der Waals surface area contributed by atoms with Gasteiger partial charge in [-0.2, -0.15) is 0 Å². The minimum absolute atomic E-state index is 0.229. The van der Waals surface area contributed by atoms with Gasteiger partial charge in [-0.1, -0.05) is 12.1 Å². The average molecular weight is 256 g/mol. The molecule has 0 unspecified atom stereocenters. The molecule has 19 heavy (non-hydrogen) atoms. The number of ketones is 1. The molecule has 1 aromatic heterocycles. The second-order valence-corrected chi connectivity index (χ2v) is 4.80. The van der Waals surface area contributed by atoms with Crippen LogP contribution >= 0.6 is 0 Å². The van der Waals surface area contributed by atoms with Crippen LogP contribution in [0, 0.1) is 0 Å². The second kappa shape index (κ2) is 4.88. The molecule has 1 aliphatic carbocycles. The van der Waals surface area contributed by atoms with Crippen LogP contribution in [0.25, 0.3) is 0 Å². The molecule has 4 nitrogen and oxygen atoms in total. The van der Waals surface area contributed by atoms with E-state index in [2.05, 4.69) is 4.98 Å². The van der Waals surface area contributed by atoms with Gasteiger partial charge >= 0.3 is 0 Å². The summed E-state index contributed by atoms with van der Waals surface area (Å²) in [5, 5.41) is 0. The highest BCUT2D eigenvalue weighted by Crippen LogP contribution is 2.30.